The summed E-state index contributed by atoms with van der Waals surface area (Å²) in [4.78, 5) is 11.8. The predicted molar refractivity (Wildman–Crippen MR) is 73.5 cm³/mol. The van der Waals surface area contributed by atoms with E-state index in [1.165, 1.54) is 11.8 Å². The van der Waals surface area contributed by atoms with Crippen LogP contribution in [0.3, 0.4) is 0 Å². The van der Waals surface area contributed by atoms with E-state index in [0.717, 1.165) is 11.1 Å². The molecule has 0 aliphatic heterocycles. The quantitative estimate of drug-likeness (QED) is 0.815. The molecule has 0 radical (unpaired) electrons. The van der Waals surface area contributed by atoms with Crippen molar-refractivity contribution in [1.82, 2.24) is 0 Å². The monoisotopic (exact) mass is 262 g/mol. The maximum atomic E-state index is 11.8. The summed E-state index contributed by atoms with van der Waals surface area (Å²) in [7, 11) is 0. The molecule has 0 amide bonds. The minimum Gasteiger partial charge on any atom is -0.282 e. The fourth-order valence-electron chi connectivity index (χ4n) is 1.39. The van der Waals surface area contributed by atoms with Gasteiger partial charge in [-0.05, 0) is 17.7 Å². The lowest BCUT2D eigenvalue weighted by atomic mass is 10.2. The van der Waals surface area contributed by atoms with Crippen LogP contribution in [-0.4, -0.2) is 5.12 Å². The van der Waals surface area contributed by atoms with E-state index < -0.39 is 0 Å². The number of benzene rings is 2. The van der Waals surface area contributed by atoms with Crippen molar-refractivity contribution in [2.24, 2.45) is 0 Å². The molecule has 2 aromatic rings. The second kappa shape index (κ2) is 5.89. The largest absolute Gasteiger partial charge is 0.282 e. The molecule has 0 bridgehead atoms. The van der Waals surface area contributed by atoms with Crippen molar-refractivity contribution in [2.45, 2.75) is 5.75 Å². The zero-order valence-corrected chi connectivity index (χ0v) is 10.7. The topological polar surface area (TPSA) is 17.1 Å². The highest BCUT2D eigenvalue weighted by Gasteiger charge is 2.05. The van der Waals surface area contributed by atoms with Gasteiger partial charge in [0.25, 0.3) is 0 Å². The van der Waals surface area contributed by atoms with Crippen molar-refractivity contribution >= 4 is 28.5 Å². The summed E-state index contributed by atoms with van der Waals surface area (Å²) in [5.74, 6) is 0.672. The Morgan fingerprint density at radius 2 is 1.65 bits per heavy atom. The van der Waals surface area contributed by atoms with Crippen LogP contribution in [0.5, 0.6) is 0 Å². The molecule has 0 aliphatic carbocycles. The van der Waals surface area contributed by atoms with Gasteiger partial charge in [-0.2, -0.15) is 0 Å². The van der Waals surface area contributed by atoms with Gasteiger partial charge in [-0.1, -0.05) is 65.8 Å². The molecular formula is C14H11ClOS. The minimum atomic E-state index is 0.0977. The van der Waals surface area contributed by atoms with Gasteiger partial charge >= 0.3 is 0 Å². The summed E-state index contributed by atoms with van der Waals surface area (Å²) in [6.45, 7) is 0. The molecule has 86 valence electrons. The number of hydrogen-bond acceptors (Lipinski definition) is 2. The fraction of sp³-hybridized carbons (Fsp3) is 0.0714. The summed E-state index contributed by atoms with van der Waals surface area (Å²) in [5, 5.41) is 0.814. The smallest absolute Gasteiger partial charge is 0.219 e. The summed E-state index contributed by atoms with van der Waals surface area (Å²) >= 11 is 7.10. The molecule has 0 aliphatic rings. The molecule has 2 aromatic carbocycles. The van der Waals surface area contributed by atoms with Gasteiger partial charge in [0.1, 0.15) is 0 Å². The Kier molecular flexibility index (Phi) is 4.24. The van der Waals surface area contributed by atoms with Gasteiger partial charge < -0.3 is 0 Å². The van der Waals surface area contributed by atoms with E-state index in [-0.39, 0.29) is 5.12 Å². The van der Waals surface area contributed by atoms with Crippen LogP contribution < -0.4 is 0 Å². The lowest BCUT2D eigenvalue weighted by Crippen LogP contribution is -1.93. The molecule has 0 heterocycles. The summed E-state index contributed by atoms with van der Waals surface area (Å²) < 4.78 is 0. The van der Waals surface area contributed by atoms with Crippen molar-refractivity contribution in [3.05, 3.63) is 70.7 Å². The Morgan fingerprint density at radius 3 is 2.29 bits per heavy atom. The van der Waals surface area contributed by atoms with Gasteiger partial charge in [-0.15, -0.1) is 0 Å². The second-order valence-electron chi connectivity index (χ2n) is 3.57. The minimum absolute atomic E-state index is 0.0977. The molecule has 17 heavy (non-hydrogen) atoms. The molecule has 0 atom stereocenters. The van der Waals surface area contributed by atoms with Crippen LogP contribution in [0.25, 0.3) is 0 Å². The van der Waals surface area contributed by atoms with Crippen molar-refractivity contribution in [3.8, 4) is 0 Å². The van der Waals surface area contributed by atoms with E-state index in [9.17, 15) is 4.79 Å². The molecule has 2 rings (SSSR count). The fourth-order valence-corrected chi connectivity index (χ4v) is 2.31. The van der Waals surface area contributed by atoms with Crippen LogP contribution in [0, 0.1) is 0 Å². The van der Waals surface area contributed by atoms with Crippen molar-refractivity contribution in [2.75, 3.05) is 0 Å². The number of carbonyl (C=O) groups excluding carboxylic acids is 1. The van der Waals surface area contributed by atoms with E-state index in [1.807, 2.05) is 54.6 Å². The normalized spacial score (nSPS) is 10.2. The number of carbonyl (C=O) groups is 1. The van der Waals surface area contributed by atoms with E-state index in [4.69, 9.17) is 11.6 Å². The molecule has 0 N–H and O–H groups in total. The molecular weight excluding hydrogens is 252 g/mol. The van der Waals surface area contributed by atoms with Crippen LogP contribution in [-0.2, 0) is 5.75 Å². The van der Waals surface area contributed by atoms with Gasteiger partial charge in [0.05, 0.1) is 0 Å². The first-order chi connectivity index (χ1) is 8.25. The molecule has 0 saturated heterocycles. The van der Waals surface area contributed by atoms with Crippen LogP contribution in [0.15, 0.2) is 54.6 Å². The van der Waals surface area contributed by atoms with E-state index in [2.05, 4.69) is 0 Å². The number of rotatable bonds is 3. The molecule has 0 unspecified atom stereocenters. The molecule has 0 fully saturated rings. The third kappa shape index (κ3) is 3.62. The van der Waals surface area contributed by atoms with Crippen LogP contribution in [0.2, 0.25) is 5.02 Å². The lowest BCUT2D eigenvalue weighted by Gasteiger charge is -2.01. The maximum absolute atomic E-state index is 11.8. The summed E-state index contributed by atoms with van der Waals surface area (Å²) in [6.07, 6.45) is 0. The summed E-state index contributed by atoms with van der Waals surface area (Å²) in [6, 6.07) is 16.9. The second-order valence-corrected chi connectivity index (χ2v) is 4.95. The Balaban J connectivity index is 1.95. The Labute approximate surface area is 110 Å². The van der Waals surface area contributed by atoms with Gasteiger partial charge in [0, 0.05) is 16.3 Å². The van der Waals surface area contributed by atoms with Gasteiger partial charge in [0.2, 0.25) is 5.12 Å². The first kappa shape index (κ1) is 12.2. The van der Waals surface area contributed by atoms with E-state index in [1.54, 1.807) is 0 Å². The van der Waals surface area contributed by atoms with Gasteiger partial charge in [-0.25, -0.2) is 0 Å². The molecule has 0 aromatic heterocycles. The van der Waals surface area contributed by atoms with Crippen molar-refractivity contribution in [3.63, 3.8) is 0 Å². The standard InChI is InChI=1S/C14H11ClOS/c15-13-8-6-11(7-9-13)10-17-14(16)12-4-2-1-3-5-12/h1-9H,10H2. The molecule has 0 saturated carbocycles. The number of halogens is 1. The maximum Gasteiger partial charge on any atom is 0.219 e. The van der Waals surface area contributed by atoms with Crippen LogP contribution in [0.4, 0.5) is 0 Å². The van der Waals surface area contributed by atoms with Crippen molar-refractivity contribution < 1.29 is 4.79 Å². The molecule has 1 nitrogen and oxygen atoms in total. The van der Waals surface area contributed by atoms with Crippen LogP contribution in [0.1, 0.15) is 15.9 Å². The predicted octanol–water partition coefficient (Wildman–Crippen LogP) is 4.41. The van der Waals surface area contributed by atoms with Gasteiger partial charge in [-0.3, -0.25) is 4.79 Å². The number of hydrogen-bond donors (Lipinski definition) is 0. The third-order valence-corrected chi connectivity index (χ3v) is 3.52. The highest BCUT2D eigenvalue weighted by Crippen LogP contribution is 2.19. The highest BCUT2D eigenvalue weighted by atomic mass is 35.5. The number of thioether (sulfide) groups is 1. The lowest BCUT2D eigenvalue weighted by molar-refractivity contribution is 0.108. The van der Waals surface area contributed by atoms with Gasteiger partial charge in [0.15, 0.2) is 0 Å². The first-order valence-corrected chi connectivity index (χ1v) is 6.59. The Morgan fingerprint density at radius 1 is 1.00 bits per heavy atom. The Hall–Kier alpha value is -1.25. The first-order valence-electron chi connectivity index (χ1n) is 5.22. The zero-order valence-electron chi connectivity index (χ0n) is 9.10. The molecule has 3 heteroatoms. The van der Waals surface area contributed by atoms with Crippen molar-refractivity contribution in [1.29, 1.82) is 0 Å². The van der Waals surface area contributed by atoms with E-state index in [0.29, 0.717) is 10.8 Å². The zero-order chi connectivity index (χ0) is 12.1. The van der Waals surface area contributed by atoms with E-state index >= 15 is 0 Å². The highest BCUT2D eigenvalue weighted by molar-refractivity contribution is 8.13. The Bertz CT molecular complexity index is 493. The average Bonchev–Trinajstić information content (AvgIpc) is 2.39. The molecule has 0 spiro atoms. The summed E-state index contributed by atoms with van der Waals surface area (Å²) in [5.41, 5.74) is 1.84. The third-order valence-electron chi connectivity index (χ3n) is 2.29. The van der Waals surface area contributed by atoms with Crippen LogP contribution >= 0.6 is 23.4 Å². The SMILES string of the molecule is O=C(SCc1ccc(Cl)cc1)c1ccccc1. The average molecular weight is 263 g/mol.